The summed E-state index contributed by atoms with van der Waals surface area (Å²) in [6.45, 7) is 1.95. The molecule has 2 rings (SSSR count). The summed E-state index contributed by atoms with van der Waals surface area (Å²) < 4.78 is 5.30. The summed E-state index contributed by atoms with van der Waals surface area (Å²) >= 11 is 1.56. The van der Waals surface area contributed by atoms with Crippen LogP contribution in [-0.4, -0.2) is 22.9 Å². The second kappa shape index (κ2) is 3.67. The average Bonchev–Trinajstić information content (AvgIpc) is 2.71. The number of nitrogens with one attached hydrogen (secondary N) is 1. The number of aliphatic carboxylic acids is 1. The van der Waals surface area contributed by atoms with Crippen molar-refractivity contribution >= 4 is 17.7 Å². The van der Waals surface area contributed by atoms with Gasteiger partial charge in [-0.2, -0.15) is 0 Å². The lowest BCUT2D eigenvalue weighted by Gasteiger charge is -2.08. The number of hydrogen-bond acceptors (Lipinski definition) is 4. The van der Waals surface area contributed by atoms with Gasteiger partial charge in [-0.15, -0.1) is 11.8 Å². The molecule has 1 aliphatic heterocycles. The second-order valence-corrected chi connectivity index (χ2v) is 4.38. The molecule has 4 nitrogen and oxygen atoms in total. The fourth-order valence-corrected chi connectivity index (χ4v) is 2.70. The highest BCUT2D eigenvalue weighted by Gasteiger charge is 2.32. The van der Waals surface area contributed by atoms with Crippen molar-refractivity contribution < 1.29 is 14.3 Å². The second-order valence-electron chi connectivity index (χ2n) is 3.24. The van der Waals surface area contributed by atoms with Crippen molar-refractivity contribution in [3.8, 4) is 0 Å². The SMILES string of the molecule is Cc1ccoc1C1N[C@@H](C(=O)O)CS1. The molecule has 1 aromatic rings. The number of rotatable bonds is 2. The van der Waals surface area contributed by atoms with Gasteiger partial charge in [-0.05, 0) is 18.6 Å². The highest BCUT2D eigenvalue weighted by Crippen LogP contribution is 2.34. The number of hydrogen-bond donors (Lipinski definition) is 2. The maximum atomic E-state index is 10.7. The third kappa shape index (κ3) is 1.65. The maximum absolute atomic E-state index is 10.7. The third-order valence-corrected chi connectivity index (χ3v) is 3.43. The van der Waals surface area contributed by atoms with Crippen molar-refractivity contribution in [2.75, 3.05) is 5.75 Å². The van der Waals surface area contributed by atoms with Gasteiger partial charge in [0.2, 0.25) is 0 Å². The molecule has 0 amide bonds. The van der Waals surface area contributed by atoms with Gasteiger partial charge >= 0.3 is 5.97 Å². The first-order valence-corrected chi connectivity index (χ1v) is 5.38. The van der Waals surface area contributed by atoms with E-state index in [2.05, 4.69) is 5.32 Å². The van der Waals surface area contributed by atoms with Crippen LogP contribution in [0.5, 0.6) is 0 Å². The van der Waals surface area contributed by atoms with Crippen LogP contribution in [0.15, 0.2) is 16.7 Å². The van der Waals surface area contributed by atoms with Gasteiger partial charge in [0, 0.05) is 5.75 Å². The molecule has 76 valence electrons. The molecule has 0 saturated carbocycles. The fourth-order valence-electron chi connectivity index (χ4n) is 1.42. The standard InChI is InChI=1S/C9H11NO3S/c1-5-2-3-13-7(5)8-10-6(4-14-8)9(11)12/h2-3,6,8,10H,4H2,1H3,(H,11,12)/t6-,8?/m1/s1. The van der Waals surface area contributed by atoms with Crippen molar-refractivity contribution in [1.82, 2.24) is 5.32 Å². The molecule has 0 bridgehead atoms. The van der Waals surface area contributed by atoms with Crippen LogP contribution in [0.3, 0.4) is 0 Å². The van der Waals surface area contributed by atoms with E-state index in [4.69, 9.17) is 9.52 Å². The Morgan fingerprint density at radius 1 is 1.79 bits per heavy atom. The minimum Gasteiger partial charge on any atom is -0.480 e. The molecular weight excluding hydrogens is 202 g/mol. The van der Waals surface area contributed by atoms with Gasteiger partial charge in [-0.1, -0.05) is 0 Å². The monoisotopic (exact) mass is 213 g/mol. The van der Waals surface area contributed by atoms with E-state index in [0.717, 1.165) is 11.3 Å². The zero-order chi connectivity index (χ0) is 10.1. The number of carboxylic acid groups (broad SMARTS) is 1. The first-order chi connectivity index (χ1) is 6.68. The van der Waals surface area contributed by atoms with Crippen LogP contribution in [-0.2, 0) is 4.79 Å². The van der Waals surface area contributed by atoms with Crippen molar-refractivity contribution in [3.05, 3.63) is 23.7 Å². The Labute approximate surface area is 85.7 Å². The molecule has 0 spiro atoms. The van der Waals surface area contributed by atoms with Gasteiger partial charge in [-0.25, -0.2) is 0 Å². The van der Waals surface area contributed by atoms with Crippen LogP contribution in [0, 0.1) is 6.92 Å². The molecule has 0 aromatic carbocycles. The molecule has 2 heterocycles. The summed E-state index contributed by atoms with van der Waals surface area (Å²) in [5.74, 6) is 0.614. The largest absolute Gasteiger partial charge is 0.480 e. The number of furan rings is 1. The highest BCUT2D eigenvalue weighted by atomic mass is 32.2. The van der Waals surface area contributed by atoms with Crippen molar-refractivity contribution in [1.29, 1.82) is 0 Å². The molecule has 2 N–H and O–H groups in total. The summed E-state index contributed by atoms with van der Waals surface area (Å²) in [5, 5.41) is 11.8. The Morgan fingerprint density at radius 3 is 3.07 bits per heavy atom. The van der Waals surface area contributed by atoms with Crippen LogP contribution in [0.4, 0.5) is 0 Å². The number of carbonyl (C=O) groups is 1. The lowest BCUT2D eigenvalue weighted by atomic mass is 10.2. The van der Waals surface area contributed by atoms with E-state index in [1.54, 1.807) is 18.0 Å². The molecule has 1 aromatic heterocycles. The first kappa shape index (κ1) is 9.61. The topological polar surface area (TPSA) is 62.5 Å². The van der Waals surface area contributed by atoms with Crippen LogP contribution in [0.25, 0.3) is 0 Å². The van der Waals surface area contributed by atoms with E-state index in [9.17, 15) is 4.79 Å². The molecule has 5 heteroatoms. The molecule has 1 unspecified atom stereocenters. The summed E-state index contributed by atoms with van der Waals surface area (Å²) in [4.78, 5) is 10.7. The van der Waals surface area contributed by atoms with Crippen LogP contribution in [0.1, 0.15) is 16.7 Å². The quantitative estimate of drug-likeness (QED) is 0.777. The first-order valence-electron chi connectivity index (χ1n) is 4.33. The molecule has 14 heavy (non-hydrogen) atoms. The zero-order valence-corrected chi connectivity index (χ0v) is 8.50. The highest BCUT2D eigenvalue weighted by molar-refractivity contribution is 7.99. The van der Waals surface area contributed by atoms with E-state index >= 15 is 0 Å². The van der Waals surface area contributed by atoms with E-state index in [-0.39, 0.29) is 5.37 Å². The van der Waals surface area contributed by atoms with Crippen molar-refractivity contribution in [2.24, 2.45) is 0 Å². The van der Waals surface area contributed by atoms with E-state index in [1.165, 1.54) is 0 Å². The van der Waals surface area contributed by atoms with Gasteiger partial charge in [0.15, 0.2) is 0 Å². The Morgan fingerprint density at radius 2 is 2.57 bits per heavy atom. The van der Waals surface area contributed by atoms with Crippen molar-refractivity contribution in [3.63, 3.8) is 0 Å². The third-order valence-electron chi connectivity index (χ3n) is 2.22. The summed E-state index contributed by atoms with van der Waals surface area (Å²) in [5.41, 5.74) is 1.06. The Hall–Kier alpha value is -0.940. The number of thioether (sulfide) groups is 1. The molecular formula is C9H11NO3S. The Kier molecular flexibility index (Phi) is 2.52. The minimum absolute atomic E-state index is 0.0221. The van der Waals surface area contributed by atoms with Gasteiger partial charge in [0.1, 0.15) is 17.2 Å². The minimum atomic E-state index is -0.802. The lowest BCUT2D eigenvalue weighted by molar-refractivity contribution is -0.138. The van der Waals surface area contributed by atoms with E-state index < -0.39 is 12.0 Å². The fraction of sp³-hybridized carbons (Fsp3) is 0.444. The lowest BCUT2D eigenvalue weighted by Crippen LogP contribution is -2.33. The van der Waals surface area contributed by atoms with Gasteiger partial charge < -0.3 is 9.52 Å². The van der Waals surface area contributed by atoms with Gasteiger partial charge in [0.05, 0.1) is 6.26 Å². The average molecular weight is 213 g/mol. The normalized spacial score (nSPS) is 26.6. The number of carboxylic acids is 1. The van der Waals surface area contributed by atoms with Crippen LogP contribution >= 0.6 is 11.8 Å². The summed E-state index contributed by atoms with van der Waals surface area (Å²) in [7, 11) is 0. The molecule has 0 radical (unpaired) electrons. The molecule has 0 aliphatic carbocycles. The predicted molar refractivity (Wildman–Crippen MR) is 53.2 cm³/mol. The van der Waals surface area contributed by atoms with E-state index in [1.807, 2.05) is 13.0 Å². The number of aryl methyl sites for hydroxylation is 1. The van der Waals surface area contributed by atoms with Crippen molar-refractivity contribution in [2.45, 2.75) is 18.3 Å². The van der Waals surface area contributed by atoms with Gasteiger partial charge in [-0.3, -0.25) is 10.1 Å². The summed E-state index contributed by atoms with van der Waals surface area (Å²) in [6, 6.07) is 1.42. The molecule has 1 fully saturated rings. The molecule has 1 aliphatic rings. The Bertz CT molecular complexity index is 350. The van der Waals surface area contributed by atoms with Gasteiger partial charge in [0.25, 0.3) is 0 Å². The van der Waals surface area contributed by atoms with E-state index in [0.29, 0.717) is 5.75 Å². The Balaban J connectivity index is 2.10. The molecule has 1 saturated heterocycles. The maximum Gasteiger partial charge on any atom is 0.321 e. The molecule has 2 atom stereocenters. The predicted octanol–water partition coefficient (Wildman–Crippen LogP) is 1.38. The van der Waals surface area contributed by atoms with Crippen LogP contribution in [0.2, 0.25) is 0 Å². The zero-order valence-electron chi connectivity index (χ0n) is 7.69. The smallest absolute Gasteiger partial charge is 0.321 e. The summed E-state index contributed by atoms with van der Waals surface area (Å²) in [6.07, 6.45) is 1.63. The van der Waals surface area contributed by atoms with Crippen LogP contribution < -0.4 is 5.32 Å².